The third-order valence-electron chi connectivity index (χ3n) is 3.77. The van der Waals surface area contributed by atoms with Gasteiger partial charge in [0.2, 0.25) is 0 Å². The largest absolute Gasteiger partial charge is 0.496 e. The highest BCUT2D eigenvalue weighted by atomic mass is 19.4. The van der Waals surface area contributed by atoms with Crippen LogP contribution in [-0.2, 0) is 6.18 Å². The molecular formula is C18H14F3NO. The van der Waals surface area contributed by atoms with E-state index >= 15 is 0 Å². The SMILES string of the molecule is COc1ccccc1-c1c(C)cnc2c(C(F)(F)F)cccc12. The first-order chi connectivity index (χ1) is 10.9. The number of alkyl halides is 3. The molecule has 0 fully saturated rings. The van der Waals surface area contributed by atoms with Crippen LogP contribution in [0.25, 0.3) is 22.0 Å². The maximum Gasteiger partial charge on any atom is 0.418 e. The standard InChI is InChI=1S/C18H14F3NO/c1-11-10-22-17-13(7-5-8-14(17)18(19,20)21)16(11)12-6-3-4-9-15(12)23-2/h3-10H,1-2H3. The lowest BCUT2D eigenvalue weighted by molar-refractivity contribution is -0.136. The average Bonchev–Trinajstić information content (AvgIpc) is 2.53. The molecule has 0 saturated carbocycles. The van der Waals surface area contributed by atoms with Gasteiger partial charge < -0.3 is 4.74 Å². The van der Waals surface area contributed by atoms with Crippen molar-refractivity contribution in [2.45, 2.75) is 13.1 Å². The number of aromatic nitrogens is 1. The van der Waals surface area contributed by atoms with E-state index in [9.17, 15) is 13.2 Å². The van der Waals surface area contributed by atoms with Crippen LogP contribution in [0.1, 0.15) is 11.1 Å². The van der Waals surface area contributed by atoms with Gasteiger partial charge in [0, 0.05) is 17.1 Å². The molecule has 0 bridgehead atoms. The molecule has 2 aromatic carbocycles. The molecule has 0 radical (unpaired) electrons. The molecule has 0 unspecified atom stereocenters. The third kappa shape index (κ3) is 2.63. The maximum atomic E-state index is 13.2. The van der Waals surface area contributed by atoms with Gasteiger partial charge in [-0.25, -0.2) is 0 Å². The van der Waals surface area contributed by atoms with Gasteiger partial charge in [-0.2, -0.15) is 13.2 Å². The number of ether oxygens (including phenoxy) is 1. The summed E-state index contributed by atoms with van der Waals surface area (Å²) in [7, 11) is 1.54. The first-order valence-corrected chi connectivity index (χ1v) is 7.02. The van der Waals surface area contributed by atoms with Crippen molar-refractivity contribution in [3.8, 4) is 16.9 Å². The van der Waals surface area contributed by atoms with Crippen molar-refractivity contribution >= 4 is 10.9 Å². The number of hydrogen-bond donors (Lipinski definition) is 0. The zero-order valence-electron chi connectivity index (χ0n) is 12.6. The number of hydrogen-bond acceptors (Lipinski definition) is 2. The van der Waals surface area contributed by atoms with Crippen LogP contribution in [0.3, 0.4) is 0 Å². The predicted octanol–water partition coefficient (Wildman–Crippen LogP) is 5.24. The molecule has 0 aliphatic heterocycles. The van der Waals surface area contributed by atoms with Crippen LogP contribution >= 0.6 is 0 Å². The highest BCUT2D eigenvalue weighted by Gasteiger charge is 2.33. The molecule has 0 amide bonds. The van der Waals surface area contributed by atoms with Crippen molar-refractivity contribution in [3.05, 3.63) is 59.8 Å². The van der Waals surface area contributed by atoms with Gasteiger partial charge in [0.1, 0.15) is 5.75 Å². The second-order valence-corrected chi connectivity index (χ2v) is 5.22. The van der Waals surface area contributed by atoms with Crippen molar-refractivity contribution in [2.24, 2.45) is 0 Å². The number of rotatable bonds is 2. The fourth-order valence-corrected chi connectivity index (χ4v) is 2.76. The summed E-state index contributed by atoms with van der Waals surface area (Å²) in [5, 5.41) is 0.462. The number of benzene rings is 2. The minimum absolute atomic E-state index is 0.0495. The Labute approximate surface area is 131 Å². The van der Waals surface area contributed by atoms with Crippen LogP contribution in [0.5, 0.6) is 5.75 Å². The molecule has 118 valence electrons. The van der Waals surface area contributed by atoms with E-state index in [-0.39, 0.29) is 5.52 Å². The van der Waals surface area contributed by atoms with Gasteiger partial charge in [-0.05, 0) is 30.2 Å². The Hall–Kier alpha value is -2.56. The van der Waals surface area contributed by atoms with Crippen LogP contribution in [0.4, 0.5) is 13.2 Å². The lowest BCUT2D eigenvalue weighted by Crippen LogP contribution is -2.07. The van der Waals surface area contributed by atoms with Crippen LogP contribution in [0.2, 0.25) is 0 Å². The first-order valence-electron chi connectivity index (χ1n) is 7.02. The fraction of sp³-hybridized carbons (Fsp3) is 0.167. The van der Waals surface area contributed by atoms with E-state index in [0.717, 1.165) is 17.2 Å². The summed E-state index contributed by atoms with van der Waals surface area (Å²) in [5.74, 6) is 0.612. The van der Waals surface area contributed by atoms with Gasteiger partial charge in [0.05, 0.1) is 18.2 Å². The Balaban J connectivity index is 2.40. The Bertz CT molecular complexity index is 872. The van der Waals surface area contributed by atoms with Crippen LogP contribution < -0.4 is 4.74 Å². The summed E-state index contributed by atoms with van der Waals surface area (Å²) >= 11 is 0. The molecule has 0 atom stereocenters. The maximum absolute atomic E-state index is 13.2. The van der Waals surface area contributed by atoms with Crippen molar-refractivity contribution in [3.63, 3.8) is 0 Å². The number of fused-ring (bicyclic) bond motifs is 1. The second kappa shape index (κ2) is 5.57. The Morgan fingerprint density at radius 3 is 2.43 bits per heavy atom. The summed E-state index contributed by atoms with van der Waals surface area (Å²) in [4.78, 5) is 4.03. The average molecular weight is 317 g/mol. The number of aryl methyl sites for hydroxylation is 1. The third-order valence-corrected chi connectivity index (χ3v) is 3.77. The van der Waals surface area contributed by atoms with E-state index in [1.54, 1.807) is 19.2 Å². The molecule has 5 heteroatoms. The number of para-hydroxylation sites is 2. The van der Waals surface area contributed by atoms with Crippen LogP contribution in [0.15, 0.2) is 48.7 Å². The molecule has 3 rings (SSSR count). The zero-order chi connectivity index (χ0) is 16.6. The van der Waals surface area contributed by atoms with Gasteiger partial charge in [-0.3, -0.25) is 4.98 Å². The van der Waals surface area contributed by atoms with E-state index in [4.69, 9.17) is 4.74 Å². The highest BCUT2D eigenvalue weighted by molar-refractivity contribution is 5.99. The molecule has 0 spiro atoms. The highest BCUT2D eigenvalue weighted by Crippen LogP contribution is 2.40. The lowest BCUT2D eigenvalue weighted by atomic mass is 9.95. The zero-order valence-corrected chi connectivity index (χ0v) is 12.6. The summed E-state index contributed by atoms with van der Waals surface area (Å²) in [6.45, 7) is 1.83. The second-order valence-electron chi connectivity index (χ2n) is 5.22. The van der Waals surface area contributed by atoms with Gasteiger partial charge >= 0.3 is 6.18 Å². The molecule has 0 N–H and O–H groups in total. The van der Waals surface area contributed by atoms with Crippen molar-refractivity contribution in [2.75, 3.05) is 7.11 Å². The monoisotopic (exact) mass is 317 g/mol. The van der Waals surface area contributed by atoms with Crippen LogP contribution in [0, 0.1) is 6.92 Å². The van der Waals surface area contributed by atoms with Gasteiger partial charge in [-0.1, -0.05) is 30.3 Å². The normalized spacial score (nSPS) is 11.7. The van der Waals surface area contributed by atoms with Crippen LogP contribution in [-0.4, -0.2) is 12.1 Å². The minimum Gasteiger partial charge on any atom is -0.496 e. The summed E-state index contributed by atoms with van der Waals surface area (Å²) in [5.41, 5.74) is 1.47. The molecule has 1 heterocycles. The minimum atomic E-state index is -4.44. The quantitative estimate of drug-likeness (QED) is 0.645. The van der Waals surface area contributed by atoms with E-state index in [1.807, 2.05) is 25.1 Å². The molecule has 3 aromatic rings. The van der Waals surface area contributed by atoms with Gasteiger partial charge in [0.15, 0.2) is 0 Å². The topological polar surface area (TPSA) is 22.1 Å². The summed E-state index contributed by atoms with van der Waals surface area (Å²) in [6.07, 6.45) is -2.97. The number of methoxy groups -OCH3 is 1. The number of nitrogens with zero attached hydrogens (tertiary/aromatic N) is 1. The molecule has 23 heavy (non-hydrogen) atoms. The molecular weight excluding hydrogens is 303 g/mol. The molecule has 1 aromatic heterocycles. The summed E-state index contributed by atoms with van der Waals surface area (Å²) < 4.78 is 45.1. The van der Waals surface area contributed by atoms with Crippen molar-refractivity contribution in [1.29, 1.82) is 0 Å². The van der Waals surface area contributed by atoms with E-state index < -0.39 is 11.7 Å². The Kier molecular flexibility index (Phi) is 3.72. The molecule has 0 aliphatic rings. The van der Waals surface area contributed by atoms with Crippen molar-refractivity contribution < 1.29 is 17.9 Å². The Morgan fingerprint density at radius 1 is 1.00 bits per heavy atom. The molecule has 0 aliphatic carbocycles. The Morgan fingerprint density at radius 2 is 1.74 bits per heavy atom. The fourth-order valence-electron chi connectivity index (χ4n) is 2.76. The van der Waals surface area contributed by atoms with Crippen molar-refractivity contribution in [1.82, 2.24) is 4.98 Å². The van der Waals surface area contributed by atoms with E-state index in [1.165, 1.54) is 12.3 Å². The number of pyridine rings is 1. The number of halogens is 3. The smallest absolute Gasteiger partial charge is 0.418 e. The molecule has 2 nitrogen and oxygen atoms in total. The van der Waals surface area contributed by atoms with Gasteiger partial charge in [0.25, 0.3) is 0 Å². The van der Waals surface area contributed by atoms with E-state index in [0.29, 0.717) is 16.7 Å². The summed E-state index contributed by atoms with van der Waals surface area (Å²) in [6, 6.07) is 11.4. The van der Waals surface area contributed by atoms with E-state index in [2.05, 4.69) is 4.98 Å². The van der Waals surface area contributed by atoms with Gasteiger partial charge in [-0.15, -0.1) is 0 Å². The molecule has 0 saturated heterocycles. The predicted molar refractivity (Wildman–Crippen MR) is 83.5 cm³/mol. The lowest BCUT2D eigenvalue weighted by Gasteiger charge is -2.16. The first kappa shape index (κ1) is 15.3.